The lowest BCUT2D eigenvalue weighted by Crippen LogP contribution is -2.24. The second-order valence-electron chi connectivity index (χ2n) is 5.19. The van der Waals surface area contributed by atoms with Crippen molar-refractivity contribution in [2.24, 2.45) is 0 Å². The summed E-state index contributed by atoms with van der Waals surface area (Å²) in [5.41, 5.74) is 1.31. The molecular weight excluding hydrogens is 256 g/mol. The first-order valence-corrected chi connectivity index (χ1v) is 7.75. The van der Waals surface area contributed by atoms with Gasteiger partial charge in [0, 0.05) is 17.5 Å². The Balaban J connectivity index is 1.73. The van der Waals surface area contributed by atoms with Crippen molar-refractivity contribution in [1.29, 1.82) is 0 Å². The predicted octanol–water partition coefficient (Wildman–Crippen LogP) is 2.86. The molecule has 4 nitrogen and oxygen atoms in total. The van der Waals surface area contributed by atoms with Crippen LogP contribution in [0.15, 0.2) is 6.33 Å². The summed E-state index contributed by atoms with van der Waals surface area (Å²) in [5.74, 6) is 0.991. The number of hydrogen-bond donors (Lipinski definition) is 2. The Morgan fingerprint density at radius 3 is 3.11 bits per heavy atom. The summed E-state index contributed by atoms with van der Waals surface area (Å²) in [7, 11) is 0. The molecule has 102 valence electrons. The van der Waals surface area contributed by atoms with Crippen molar-refractivity contribution in [3.8, 4) is 0 Å². The van der Waals surface area contributed by atoms with E-state index in [1.165, 1.54) is 35.2 Å². The van der Waals surface area contributed by atoms with E-state index in [1.54, 1.807) is 17.7 Å². The van der Waals surface area contributed by atoms with Gasteiger partial charge in [0.25, 0.3) is 0 Å². The number of aromatic nitrogens is 2. The van der Waals surface area contributed by atoms with E-state index in [-0.39, 0.29) is 0 Å². The molecule has 1 aliphatic rings. The average molecular weight is 276 g/mol. The molecule has 0 amide bonds. The van der Waals surface area contributed by atoms with Gasteiger partial charge < -0.3 is 10.6 Å². The van der Waals surface area contributed by atoms with Gasteiger partial charge in [-0.25, -0.2) is 9.97 Å². The molecule has 0 aliphatic carbocycles. The minimum atomic E-state index is 0.676. The summed E-state index contributed by atoms with van der Waals surface area (Å²) < 4.78 is 0. The zero-order chi connectivity index (χ0) is 13.2. The fourth-order valence-electron chi connectivity index (χ4n) is 2.68. The zero-order valence-electron chi connectivity index (χ0n) is 11.5. The number of anilines is 1. The number of hydrogen-bond acceptors (Lipinski definition) is 5. The van der Waals surface area contributed by atoms with Crippen LogP contribution in [0.25, 0.3) is 10.2 Å². The van der Waals surface area contributed by atoms with Crippen molar-refractivity contribution in [2.45, 2.75) is 39.2 Å². The van der Waals surface area contributed by atoms with Crippen molar-refractivity contribution in [1.82, 2.24) is 15.3 Å². The lowest BCUT2D eigenvalue weighted by Gasteiger charge is -2.11. The second-order valence-corrected chi connectivity index (χ2v) is 6.40. The molecule has 0 aromatic carbocycles. The van der Waals surface area contributed by atoms with Crippen LogP contribution in [0.2, 0.25) is 0 Å². The lowest BCUT2D eigenvalue weighted by atomic mass is 10.1. The topological polar surface area (TPSA) is 49.8 Å². The molecule has 5 heteroatoms. The standard InChI is InChI=1S/C14H20N4S/c1-9-10(2)19-14-12(9)13(17-8-18-14)16-7-5-11-4-3-6-15-11/h8,11,15H,3-7H2,1-2H3,(H,16,17,18). The molecule has 1 atom stereocenters. The fraction of sp³-hybridized carbons (Fsp3) is 0.571. The van der Waals surface area contributed by atoms with Crippen LogP contribution in [0.3, 0.4) is 0 Å². The van der Waals surface area contributed by atoms with Gasteiger partial charge in [-0.05, 0) is 45.2 Å². The number of aryl methyl sites for hydroxylation is 2. The Bertz CT molecular complexity index is 572. The van der Waals surface area contributed by atoms with Gasteiger partial charge in [0.05, 0.1) is 5.39 Å². The third kappa shape index (κ3) is 2.58. The van der Waals surface area contributed by atoms with Crippen molar-refractivity contribution in [3.63, 3.8) is 0 Å². The van der Waals surface area contributed by atoms with Gasteiger partial charge in [-0.15, -0.1) is 11.3 Å². The lowest BCUT2D eigenvalue weighted by molar-refractivity contribution is 0.574. The minimum absolute atomic E-state index is 0.676. The van der Waals surface area contributed by atoms with E-state index in [2.05, 4.69) is 34.4 Å². The molecular formula is C14H20N4S. The second kappa shape index (κ2) is 5.43. The van der Waals surface area contributed by atoms with E-state index in [4.69, 9.17) is 0 Å². The number of thiophene rings is 1. The van der Waals surface area contributed by atoms with Crippen LogP contribution in [0, 0.1) is 13.8 Å². The van der Waals surface area contributed by atoms with Crippen molar-refractivity contribution in [3.05, 3.63) is 16.8 Å². The molecule has 2 N–H and O–H groups in total. The Kier molecular flexibility index (Phi) is 3.66. The molecule has 0 saturated carbocycles. The fourth-order valence-corrected chi connectivity index (χ4v) is 3.68. The van der Waals surface area contributed by atoms with E-state index < -0.39 is 0 Å². The number of rotatable bonds is 4. The highest BCUT2D eigenvalue weighted by Crippen LogP contribution is 2.32. The van der Waals surface area contributed by atoms with Crippen molar-refractivity contribution >= 4 is 27.4 Å². The minimum Gasteiger partial charge on any atom is -0.369 e. The molecule has 0 radical (unpaired) electrons. The molecule has 1 aliphatic heterocycles. The summed E-state index contributed by atoms with van der Waals surface area (Å²) in [6.07, 6.45) is 5.43. The normalized spacial score (nSPS) is 19.2. The van der Waals surface area contributed by atoms with E-state index in [0.29, 0.717) is 6.04 Å². The monoisotopic (exact) mass is 276 g/mol. The van der Waals surface area contributed by atoms with Gasteiger partial charge in [0.2, 0.25) is 0 Å². The van der Waals surface area contributed by atoms with Crippen LogP contribution in [-0.4, -0.2) is 29.1 Å². The summed E-state index contributed by atoms with van der Waals surface area (Å²) in [5, 5.41) is 8.21. The average Bonchev–Trinajstić information content (AvgIpc) is 3.00. The highest BCUT2D eigenvalue weighted by Gasteiger charge is 2.14. The van der Waals surface area contributed by atoms with E-state index in [0.717, 1.165) is 23.6 Å². The predicted molar refractivity (Wildman–Crippen MR) is 81.0 cm³/mol. The molecule has 3 rings (SSSR count). The maximum Gasteiger partial charge on any atom is 0.138 e. The van der Waals surface area contributed by atoms with Crippen LogP contribution in [0.4, 0.5) is 5.82 Å². The maximum absolute atomic E-state index is 4.41. The van der Waals surface area contributed by atoms with Crippen LogP contribution >= 0.6 is 11.3 Å². The van der Waals surface area contributed by atoms with Gasteiger partial charge in [-0.1, -0.05) is 0 Å². The first-order valence-electron chi connectivity index (χ1n) is 6.93. The summed E-state index contributed by atoms with van der Waals surface area (Å²) in [6, 6.07) is 0.676. The number of nitrogens with zero attached hydrogens (tertiary/aromatic N) is 2. The third-order valence-corrected chi connectivity index (χ3v) is 5.03. The Morgan fingerprint density at radius 1 is 1.42 bits per heavy atom. The molecule has 1 unspecified atom stereocenters. The van der Waals surface area contributed by atoms with Gasteiger partial charge in [-0.2, -0.15) is 0 Å². The molecule has 19 heavy (non-hydrogen) atoms. The van der Waals surface area contributed by atoms with Crippen LogP contribution in [0.5, 0.6) is 0 Å². The van der Waals surface area contributed by atoms with Gasteiger partial charge in [0.1, 0.15) is 17.0 Å². The first-order chi connectivity index (χ1) is 9.25. The third-order valence-electron chi connectivity index (χ3n) is 3.91. The molecule has 0 bridgehead atoms. The molecule has 0 spiro atoms. The van der Waals surface area contributed by atoms with Gasteiger partial charge >= 0.3 is 0 Å². The summed E-state index contributed by atoms with van der Waals surface area (Å²) >= 11 is 1.75. The molecule has 1 fully saturated rings. The largest absolute Gasteiger partial charge is 0.369 e. The van der Waals surface area contributed by atoms with E-state index in [1.807, 2.05) is 0 Å². The van der Waals surface area contributed by atoms with Crippen molar-refractivity contribution in [2.75, 3.05) is 18.4 Å². The van der Waals surface area contributed by atoms with E-state index >= 15 is 0 Å². The van der Waals surface area contributed by atoms with Gasteiger partial charge in [-0.3, -0.25) is 0 Å². The highest BCUT2D eigenvalue weighted by atomic mass is 32.1. The quantitative estimate of drug-likeness (QED) is 0.901. The molecule has 2 aromatic rings. The number of nitrogens with one attached hydrogen (secondary N) is 2. The number of fused-ring (bicyclic) bond motifs is 1. The molecule has 3 heterocycles. The van der Waals surface area contributed by atoms with Gasteiger partial charge in [0.15, 0.2) is 0 Å². The SMILES string of the molecule is Cc1sc2ncnc(NCCC3CCCN3)c2c1C. The highest BCUT2D eigenvalue weighted by molar-refractivity contribution is 7.18. The van der Waals surface area contributed by atoms with Crippen LogP contribution in [0.1, 0.15) is 29.7 Å². The Morgan fingerprint density at radius 2 is 2.32 bits per heavy atom. The summed E-state index contributed by atoms with van der Waals surface area (Å²) in [4.78, 5) is 11.2. The molecule has 2 aromatic heterocycles. The summed E-state index contributed by atoms with van der Waals surface area (Å²) in [6.45, 7) is 6.44. The Labute approximate surface area is 117 Å². The zero-order valence-corrected chi connectivity index (χ0v) is 12.3. The smallest absolute Gasteiger partial charge is 0.138 e. The first kappa shape index (κ1) is 12.8. The van der Waals surface area contributed by atoms with E-state index in [9.17, 15) is 0 Å². The Hall–Kier alpha value is -1.20. The molecule has 1 saturated heterocycles. The van der Waals surface area contributed by atoms with Crippen LogP contribution in [-0.2, 0) is 0 Å². The maximum atomic E-state index is 4.41. The van der Waals surface area contributed by atoms with Crippen molar-refractivity contribution < 1.29 is 0 Å². The van der Waals surface area contributed by atoms with Crippen LogP contribution < -0.4 is 10.6 Å².